The molecule has 0 saturated carbocycles. The molecule has 1 fully saturated rings. The van der Waals surface area contributed by atoms with E-state index < -0.39 is 5.97 Å². The summed E-state index contributed by atoms with van der Waals surface area (Å²) in [6, 6.07) is 5.10. The number of rotatable bonds is 3. The molecule has 1 N–H and O–H groups in total. The van der Waals surface area contributed by atoms with E-state index in [4.69, 9.17) is 5.11 Å². The molecule has 134 valence electrons. The van der Waals surface area contributed by atoms with Crippen molar-refractivity contribution in [2.45, 2.75) is 45.1 Å². The van der Waals surface area contributed by atoms with Gasteiger partial charge in [-0.15, -0.1) is 0 Å². The van der Waals surface area contributed by atoms with Crippen molar-refractivity contribution in [1.82, 2.24) is 9.80 Å². The molecule has 0 spiro atoms. The Morgan fingerprint density at radius 2 is 1.80 bits per heavy atom. The number of carboxylic acid groups (broad SMARTS) is 1. The highest BCUT2D eigenvalue weighted by Crippen LogP contribution is 2.21. The molecule has 25 heavy (non-hydrogen) atoms. The third-order valence-corrected chi connectivity index (χ3v) is 5.07. The molecule has 0 bridgehead atoms. The number of carbonyl (C=O) groups is 3. The number of fused-ring (bicyclic) bond motifs is 1. The average molecular weight is 344 g/mol. The van der Waals surface area contributed by atoms with Crippen LogP contribution in [-0.4, -0.2) is 52.3 Å². The molecule has 1 aromatic rings. The Balaban J connectivity index is 1.66. The van der Waals surface area contributed by atoms with Crippen LogP contribution in [0.2, 0.25) is 0 Å². The summed E-state index contributed by atoms with van der Waals surface area (Å²) in [6.07, 6.45) is 5.28. The monoisotopic (exact) mass is 344 g/mol. The van der Waals surface area contributed by atoms with E-state index in [-0.39, 0.29) is 23.9 Å². The zero-order valence-electron chi connectivity index (χ0n) is 14.4. The van der Waals surface area contributed by atoms with Crippen LogP contribution in [0.4, 0.5) is 0 Å². The lowest BCUT2D eigenvalue weighted by molar-refractivity contribution is -0.141. The Morgan fingerprint density at radius 3 is 2.60 bits per heavy atom. The lowest BCUT2D eigenvalue weighted by Gasteiger charge is -2.32. The predicted octanol–water partition coefficient (Wildman–Crippen LogP) is 2.06. The Labute approximate surface area is 147 Å². The van der Waals surface area contributed by atoms with Gasteiger partial charge >= 0.3 is 5.97 Å². The van der Waals surface area contributed by atoms with Gasteiger partial charge in [0.25, 0.3) is 0 Å². The van der Waals surface area contributed by atoms with Crippen LogP contribution < -0.4 is 0 Å². The first-order valence-corrected chi connectivity index (χ1v) is 8.95. The van der Waals surface area contributed by atoms with Crippen LogP contribution in [0.1, 0.15) is 53.6 Å². The van der Waals surface area contributed by atoms with Crippen LogP contribution in [0.5, 0.6) is 0 Å². The standard InChI is InChI=1S/C19H24N2O4/c22-17-5-3-1-2-4-9-20(17)13-18(23)21-10-8-14-6-7-15(19(24)25)11-16(14)12-21/h6-7,11H,1-5,8-10,12-13H2,(H,24,25). The van der Waals surface area contributed by atoms with Crippen LogP contribution in [0.25, 0.3) is 0 Å². The molecule has 6 heteroatoms. The molecular weight excluding hydrogens is 320 g/mol. The molecule has 3 rings (SSSR count). The van der Waals surface area contributed by atoms with E-state index in [1.165, 1.54) is 0 Å². The summed E-state index contributed by atoms with van der Waals surface area (Å²) in [7, 11) is 0. The van der Waals surface area contributed by atoms with Gasteiger partial charge in [-0.2, -0.15) is 0 Å². The van der Waals surface area contributed by atoms with Gasteiger partial charge in [0.1, 0.15) is 0 Å². The summed E-state index contributed by atoms with van der Waals surface area (Å²) in [6.45, 7) is 1.81. The minimum Gasteiger partial charge on any atom is -0.478 e. The summed E-state index contributed by atoms with van der Waals surface area (Å²) in [5.74, 6) is -0.948. The van der Waals surface area contributed by atoms with Crippen molar-refractivity contribution >= 4 is 17.8 Å². The highest BCUT2D eigenvalue weighted by atomic mass is 16.4. The molecule has 6 nitrogen and oxygen atoms in total. The minimum atomic E-state index is -0.961. The van der Waals surface area contributed by atoms with Gasteiger partial charge < -0.3 is 14.9 Å². The van der Waals surface area contributed by atoms with Crippen molar-refractivity contribution < 1.29 is 19.5 Å². The zero-order valence-corrected chi connectivity index (χ0v) is 14.4. The molecule has 0 aromatic heterocycles. The fraction of sp³-hybridized carbons (Fsp3) is 0.526. The largest absolute Gasteiger partial charge is 0.478 e. The minimum absolute atomic E-state index is 0.0553. The van der Waals surface area contributed by atoms with Crippen molar-refractivity contribution in [3.8, 4) is 0 Å². The molecule has 1 saturated heterocycles. The van der Waals surface area contributed by atoms with Gasteiger partial charge in [-0.1, -0.05) is 18.9 Å². The zero-order chi connectivity index (χ0) is 17.8. The van der Waals surface area contributed by atoms with E-state index >= 15 is 0 Å². The van der Waals surface area contributed by atoms with Crippen LogP contribution in [0.15, 0.2) is 18.2 Å². The van der Waals surface area contributed by atoms with E-state index in [1.54, 1.807) is 21.9 Å². The Kier molecular flexibility index (Phi) is 5.36. The Morgan fingerprint density at radius 1 is 1.00 bits per heavy atom. The molecule has 2 amide bonds. The second-order valence-corrected chi connectivity index (χ2v) is 6.83. The normalized spacial score (nSPS) is 18.3. The Bertz CT molecular complexity index is 686. The number of hydrogen-bond acceptors (Lipinski definition) is 3. The summed E-state index contributed by atoms with van der Waals surface area (Å²) in [4.78, 5) is 39.4. The van der Waals surface area contributed by atoms with Gasteiger partial charge in [0.2, 0.25) is 11.8 Å². The first-order chi connectivity index (χ1) is 12.0. The van der Waals surface area contributed by atoms with E-state index in [9.17, 15) is 14.4 Å². The van der Waals surface area contributed by atoms with Gasteiger partial charge in [-0.25, -0.2) is 4.79 Å². The molecular formula is C19H24N2O4. The van der Waals surface area contributed by atoms with Crippen molar-refractivity contribution in [3.63, 3.8) is 0 Å². The lowest BCUT2D eigenvalue weighted by atomic mass is 9.97. The molecule has 2 aliphatic heterocycles. The van der Waals surface area contributed by atoms with Crippen molar-refractivity contribution in [1.29, 1.82) is 0 Å². The number of likely N-dealkylation sites (tertiary alicyclic amines) is 1. The van der Waals surface area contributed by atoms with Gasteiger partial charge in [0, 0.05) is 26.1 Å². The van der Waals surface area contributed by atoms with E-state index in [1.807, 2.05) is 6.07 Å². The number of hydrogen-bond donors (Lipinski definition) is 1. The fourth-order valence-electron chi connectivity index (χ4n) is 3.55. The van der Waals surface area contributed by atoms with E-state index in [2.05, 4.69) is 0 Å². The maximum atomic E-state index is 12.7. The highest BCUT2D eigenvalue weighted by Gasteiger charge is 2.25. The van der Waals surface area contributed by atoms with E-state index in [0.29, 0.717) is 26.1 Å². The highest BCUT2D eigenvalue weighted by molar-refractivity contribution is 5.88. The third kappa shape index (κ3) is 4.18. The predicted molar refractivity (Wildman–Crippen MR) is 92.2 cm³/mol. The first kappa shape index (κ1) is 17.5. The average Bonchev–Trinajstić information content (AvgIpc) is 2.60. The number of carboxylic acids is 1. The number of carbonyl (C=O) groups excluding carboxylic acids is 2. The van der Waals surface area contributed by atoms with Crippen LogP contribution in [0, 0.1) is 0 Å². The van der Waals surface area contributed by atoms with E-state index in [0.717, 1.165) is 43.2 Å². The molecule has 0 aliphatic carbocycles. The van der Waals surface area contributed by atoms with Gasteiger partial charge in [-0.3, -0.25) is 9.59 Å². The topological polar surface area (TPSA) is 77.9 Å². The third-order valence-electron chi connectivity index (χ3n) is 5.07. The van der Waals surface area contributed by atoms with Crippen LogP contribution >= 0.6 is 0 Å². The van der Waals surface area contributed by atoms with Crippen molar-refractivity contribution in [2.24, 2.45) is 0 Å². The van der Waals surface area contributed by atoms with Gasteiger partial charge in [0.15, 0.2) is 0 Å². The Hall–Kier alpha value is -2.37. The summed E-state index contributed by atoms with van der Waals surface area (Å²) < 4.78 is 0. The maximum Gasteiger partial charge on any atom is 0.335 e. The number of nitrogens with zero attached hydrogens (tertiary/aromatic N) is 2. The second kappa shape index (κ2) is 7.68. The van der Waals surface area contributed by atoms with Crippen molar-refractivity contribution in [3.05, 3.63) is 34.9 Å². The van der Waals surface area contributed by atoms with Crippen molar-refractivity contribution in [2.75, 3.05) is 19.6 Å². The summed E-state index contributed by atoms with van der Waals surface area (Å²) in [5.41, 5.74) is 2.22. The summed E-state index contributed by atoms with van der Waals surface area (Å²) in [5, 5.41) is 9.13. The second-order valence-electron chi connectivity index (χ2n) is 6.83. The molecule has 2 aliphatic rings. The smallest absolute Gasteiger partial charge is 0.335 e. The van der Waals surface area contributed by atoms with Crippen LogP contribution in [0.3, 0.4) is 0 Å². The molecule has 0 radical (unpaired) electrons. The van der Waals surface area contributed by atoms with Gasteiger partial charge in [0.05, 0.1) is 12.1 Å². The first-order valence-electron chi connectivity index (χ1n) is 8.95. The number of amides is 2. The number of benzene rings is 1. The fourth-order valence-corrected chi connectivity index (χ4v) is 3.55. The summed E-state index contributed by atoms with van der Waals surface area (Å²) >= 11 is 0. The molecule has 2 heterocycles. The molecule has 1 aromatic carbocycles. The number of aromatic carboxylic acids is 1. The van der Waals surface area contributed by atoms with Crippen LogP contribution in [-0.2, 0) is 22.6 Å². The molecule has 0 unspecified atom stereocenters. The lowest BCUT2D eigenvalue weighted by Crippen LogP contribution is -2.45. The molecule has 0 atom stereocenters. The van der Waals surface area contributed by atoms with Gasteiger partial charge in [-0.05, 0) is 42.5 Å². The quantitative estimate of drug-likeness (QED) is 0.910. The SMILES string of the molecule is O=C(O)c1ccc2c(c1)CN(C(=O)CN1CCCCCCC1=O)CC2. The maximum absolute atomic E-state index is 12.7.